The number of fused-ring (bicyclic) bond motifs is 1. The Morgan fingerprint density at radius 3 is 2.96 bits per heavy atom. The lowest BCUT2D eigenvalue weighted by molar-refractivity contribution is -0.116. The molecule has 0 saturated carbocycles. The van der Waals surface area contributed by atoms with E-state index in [4.69, 9.17) is 16.3 Å². The first-order chi connectivity index (χ1) is 11.2. The van der Waals surface area contributed by atoms with Crippen LogP contribution in [0.4, 0.5) is 5.69 Å². The molecule has 0 saturated heterocycles. The molecular formula is C17H16ClN3O2. The van der Waals surface area contributed by atoms with E-state index in [-0.39, 0.29) is 5.91 Å². The van der Waals surface area contributed by atoms with Gasteiger partial charge in [-0.05, 0) is 42.3 Å². The third kappa shape index (κ3) is 3.63. The van der Waals surface area contributed by atoms with Crippen molar-refractivity contribution in [2.75, 3.05) is 12.4 Å². The van der Waals surface area contributed by atoms with Crippen LogP contribution in [0.2, 0.25) is 5.02 Å². The third-order valence-electron chi connectivity index (χ3n) is 3.56. The van der Waals surface area contributed by atoms with Gasteiger partial charge in [0.1, 0.15) is 5.75 Å². The summed E-state index contributed by atoms with van der Waals surface area (Å²) in [5.41, 5.74) is 3.64. The van der Waals surface area contributed by atoms with Crippen LogP contribution >= 0.6 is 11.6 Å². The van der Waals surface area contributed by atoms with Gasteiger partial charge in [-0.25, -0.2) is 4.98 Å². The zero-order valence-electron chi connectivity index (χ0n) is 12.6. The van der Waals surface area contributed by atoms with E-state index in [1.807, 2.05) is 18.2 Å². The van der Waals surface area contributed by atoms with E-state index < -0.39 is 0 Å². The van der Waals surface area contributed by atoms with Crippen molar-refractivity contribution in [3.05, 3.63) is 53.3 Å². The Hall–Kier alpha value is -2.53. The summed E-state index contributed by atoms with van der Waals surface area (Å²) in [6, 6.07) is 11.1. The fraction of sp³-hybridized carbons (Fsp3) is 0.176. The molecule has 6 heteroatoms. The highest BCUT2D eigenvalue weighted by Gasteiger charge is 2.07. The van der Waals surface area contributed by atoms with Crippen LogP contribution in [-0.2, 0) is 11.2 Å². The first kappa shape index (κ1) is 15.4. The second-order valence-electron chi connectivity index (χ2n) is 5.15. The highest BCUT2D eigenvalue weighted by atomic mass is 35.5. The zero-order chi connectivity index (χ0) is 16.2. The van der Waals surface area contributed by atoms with Gasteiger partial charge in [0.15, 0.2) is 0 Å². The fourth-order valence-electron chi connectivity index (χ4n) is 2.36. The second kappa shape index (κ2) is 6.71. The summed E-state index contributed by atoms with van der Waals surface area (Å²) in [6.07, 6.45) is 2.71. The first-order valence-electron chi connectivity index (χ1n) is 7.21. The van der Waals surface area contributed by atoms with Crippen molar-refractivity contribution in [3.63, 3.8) is 0 Å². The summed E-state index contributed by atoms with van der Waals surface area (Å²) < 4.78 is 5.09. The average molecular weight is 330 g/mol. The van der Waals surface area contributed by atoms with E-state index in [9.17, 15) is 4.79 Å². The van der Waals surface area contributed by atoms with Gasteiger partial charge in [-0.3, -0.25) is 4.79 Å². The maximum Gasteiger partial charge on any atom is 0.224 e. The van der Waals surface area contributed by atoms with Crippen molar-refractivity contribution in [2.24, 2.45) is 0 Å². The van der Waals surface area contributed by atoms with Crippen LogP contribution < -0.4 is 10.1 Å². The lowest BCUT2D eigenvalue weighted by Gasteiger charge is -2.08. The van der Waals surface area contributed by atoms with Gasteiger partial charge in [0.25, 0.3) is 0 Å². The summed E-state index contributed by atoms with van der Waals surface area (Å²) in [4.78, 5) is 19.3. The molecular weight excluding hydrogens is 314 g/mol. The SMILES string of the molecule is COc1ccc(NC(=O)CCc2ccc3nc[nH]c3c2)cc1Cl. The number of amides is 1. The lowest BCUT2D eigenvalue weighted by atomic mass is 10.1. The Labute approximate surface area is 138 Å². The van der Waals surface area contributed by atoms with E-state index in [1.54, 1.807) is 31.6 Å². The number of carbonyl (C=O) groups is 1. The summed E-state index contributed by atoms with van der Waals surface area (Å²) in [5.74, 6) is 0.522. The monoisotopic (exact) mass is 329 g/mol. The van der Waals surface area contributed by atoms with Crippen LogP contribution in [-0.4, -0.2) is 23.0 Å². The lowest BCUT2D eigenvalue weighted by Crippen LogP contribution is -2.12. The predicted octanol–water partition coefficient (Wildman–Crippen LogP) is 3.80. The van der Waals surface area contributed by atoms with Gasteiger partial charge >= 0.3 is 0 Å². The van der Waals surface area contributed by atoms with E-state index in [2.05, 4.69) is 15.3 Å². The van der Waals surface area contributed by atoms with Crippen LogP contribution in [0.25, 0.3) is 11.0 Å². The van der Waals surface area contributed by atoms with Crippen molar-refractivity contribution in [3.8, 4) is 5.75 Å². The number of carbonyl (C=O) groups excluding carboxylic acids is 1. The number of aryl methyl sites for hydroxylation is 1. The minimum atomic E-state index is -0.0593. The van der Waals surface area contributed by atoms with Gasteiger partial charge in [0, 0.05) is 12.1 Å². The van der Waals surface area contributed by atoms with Gasteiger partial charge in [0.2, 0.25) is 5.91 Å². The van der Waals surface area contributed by atoms with E-state index >= 15 is 0 Å². The van der Waals surface area contributed by atoms with E-state index in [0.717, 1.165) is 16.6 Å². The molecule has 1 aromatic heterocycles. The number of hydrogen-bond donors (Lipinski definition) is 2. The van der Waals surface area contributed by atoms with Crippen molar-refractivity contribution in [2.45, 2.75) is 12.8 Å². The second-order valence-corrected chi connectivity index (χ2v) is 5.56. The van der Waals surface area contributed by atoms with Crippen LogP contribution in [0.5, 0.6) is 5.75 Å². The predicted molar refractivity (Wildman–Crippen MR) is 91.0 cm³/mol. The molecule has 2 aromatic carbocycles. The first-order valence-corrected chi connectivity index (χ1v) is 7.59. The third-order valence-corrected chi connectivity index (χ3v) is 3.86. The molecule has 1 heterocycles. The molecule has 3 aromatic rings. The van der Waals surface area contributed by atoms with Gasteiger partial charge in [-0.2, -0.15) is 0 Å². The molecule has 0 aliphatic heterocycles. The topological polar surface area (TPSA) is 67.0 Å². The average Bonchev–Trinajstić information content (AvgIpc) is 3.01. The molecule has 3 rings (SSSR count). The van der Waals surface area contributed by atoms with Crippen molar-refractivity contribution < 1.29 is 9.53 Å². The fourth-order valence-corrected chi connectivity index (χ4v) is 2.62. The summed E-state index contributed by atoms with van der Waals surface area (Å²) in [6.45, 7) is 0. The van der Waals surface area contributed by atoms with Crippen molar-refractivity contribution >= 4 is 34.2 Å². The number of anilines is 1. The Morgan fingerprint density at radius 1 is 1.30 bits per heavy atom. The van der Waals surface area contributed by atoms with E-state index in [0.29, 0.717) is 29.3 Å². The van der Waals surface area contributed by atoms with Gasteiger partial charge in [-0.15, -0.1) is 0 Å². The number of imidazole rings is 1. The summed E-state index contributed by atoms with van der Waals surface area (Å²) in [7, 11) is 1.55. The molecule has 5 nitrogen and oxygen atoms in total. The quantitative estimate of drug-likeness (QED) is 0.748. The summed E-state index contributed by atoms with van der Waals surface area (Å²) in [5, 5.41) is 3.30. The molecule has 0 radical (unpaired) electrons. The number of benzene rings is 2. The van der Waals surface area contributed by atoms with Crippen LogP contribution in [0.1, 0.15) is 12.0 Å². The maximum absolute atomic E-state index is 12.1. The summed E-state index contributed by atoms with van der Waals surface area (Å²) >= 11 is 6.04. The molecule has 0 atom stereocenters. The minimum Gasteiger partial charge on any atom is -0.495 e. The number of rotatable bonds is 5. The number of hydrogen-bond acceptors (Lipinski definition) is 3. The molecule has 1 amide bonds. The minimum absolute atomic E-state index is 0.0593. The Kier molecular flexibility index (Phi) is 4.48. The molecule has 0 spiro atoms. The van der Waals surface area contributed by atoms with Crippen LogP contribution in [0, 0.1) is 0 Å². The normalized spacial score (nSPS) is 10.7. The van der Waals surface area contributed by atoms with Crippen LogP contribution in [0.15, 0.2) is 42.7 Å². The van der Waals surface area contributed by atoms with Crippen LogP contribution in [0.3, 0.4) is 0 Å². The Morgan fingerprint density at radius 2 is 2.17 bits per heavy atom. The smallest absolute Gasteiger partial charge is 0.224 e. The molecule has 0 unspecified atom stereocenters. The molecule has 0 bridgehead atoms. The number of aromatic amines is 1. The Bertz CT molecular complexity index is 845. The number of nitrogens with one attached hydrogen (secondary N) is 2. The van der Waals surface area contributed by atoms with Crippen molar-refractivity contribution in [1.29, 1.82) is 0 Å². The largest absolute Gasteiger partial charge is 0.495 e. The molecule has 0 aliphatic carbocycles. The number of H-pyrrole nitrogens is 1. The molecule has 23 heavy (non-hydrogen) atoms. The number of nitrogens with zero attached hydrogens (tertiary/aromatic N) is 1. The van der Waals surface area contributed by atoms with Gasteiger partial charge < -0.3 is 15.0 Å². The zero-order valence-corrected chi connectivity index (χ0v) is 13.4. The Balaban J connectivity index is 1.59. The molecule has 0 aliphatic rings. The maximum atomic E-state index is 12.1. The highest BCUT2D eigenvalue weighted by molar-refractivity contribution is 6.32. The van der Waals surface area contributed by atoms with Gasteiger partial charge in [0.05, 0.1) is 29.5 Å². The number of methoxy groups -OCH3 is 1. The standard InChI is InChI=1S/C17H16ClN3O2/c1-23-16-6-4-12(9-13(16)18)21-17(22)7-3-11-2-5-14-15(8-11)20-10-19-14/h2,4-6,8-10H,3,7H2,1H3,(H,19,20)(H,21,22). The molecule has 118 valence electrons. The molecule has 2 N–H and O–H groups in total. The van der Waals surface area contributed by atoms with Gasteiger partial charge in [-0.1, -0.05) is 17.7 Å². The number of halogens is 1. The molecule has 0 fully saturated rings. The highest BCUT2D eigenvalue weighted by Crippen LogP contribution is 2.27. The number of aromatic nitrogens is 2. The number of ether oxygens (including phenoxy) is 1. The van der Waals surface area contributed by atoms with E-state index in [1.165, 1.54) is 0 Å². The van der Waals surface area contributed by atoms with Crippen molar-refractivity contribution in [1.82, 2.24) is 9.97 Å².